The summed E-state index contributed by atoms with van der Waals surface area (Å²) in [6.45, 7) is 1.83. The zero-order valence-electron chi connectivity index (χ0n) is 10.7. The highest BCUT2D eigenvalue weighted by molar-refractivity contribution is 7.89. The van der Waals surface area contributed by atoms with Crippen molar-refractivity contribution in [1.82, 2.24) is 9.40 Å². The average molecular weight is 291 g/mol. The largest absolute Gasteiger partial charge is 0.283 e. The Bertz CT molecular complexity index is 712. The summed E-state index contributed by atoms with van der Waals surface area (Å²) >= 11 is 0. The Morgan fingerprint density at radius 1 is 1.20 bits per heavy atom. The molecule has 0 atom stereocenters. The van der Waals surface area contributed by atoms with E-state index in [2.05, 4.69) is 4.98 Å². The molecule has 1 amide bonds. The smallest absolute Gasteiger partial charge is 0.266 e. The van der Waals surface area contributed by atoms with Gasteiger partial charge in [-0.05, 0) is 31.2 Å². The number of aromatic nitrogens is 1. The van der Waals surface area contributed by atoms with Crippen molar-refractivity contribution in [3.05, 3.63) is 59.9 Å². The Morgan fingerprint density at radius 2 is 1.85 bits per heavy atom. The molecule has 1 heterocycles. The first-order chi connectivity index (χ1) is 9.43. The molecule has 1 aromatic heterocycles. The molecule has 0 bridgehead atoms. The minimum atomic E-state index is -4.07. The molecule has 7 heteroatoms. The second-order valence-electron chi connectivity index (χ2n) is 4.16. The number of hydrogen-bond donors (Lipinski definition) is 1. The highest BCUT2D eigenvalue weighted by Crippen LogP contribution is 2.15. The fraction of sp³-hybridized carbons (Fsp3) is 0.0769. The number of nitrogens with zero attached hydrogens (tertiary/aromatic N) is 2. The van der Waals surface area contributed by atoms with Crippen LogP contribution in [0, 0.1) is 6.92 Å². The van der Waals surface area contributed by atoms with Crippen LogP contribution in [-0.4, -0.2) is 23.7 Å². The lowest BCUT2D eigenvalue weighted by molar-refractivity contribution is 0.0861. The fourth-order valence-corrected chi connectivity index (χ4v) is 2.58. The van der Waals surface area contributed by atoms with Gasteiger partial charge in [0.25, 0.3) is 15.9 Å². The van der Waals surface area contributed by atoms with Gasteiger partial charge in [-0.3, -0.25) is 9.78 Å². The molecule has 20 heavy (non-hydrogen) atoms. The fourth-order valence-electron chi connectivity index (χ4n) is 1.55. The van der Waals surface area contributed by atoms with E-state index in [0.717, 1.165) is 5.56 Å². The van der Waals surface area contributed by atoms with Crippen LogP contribution in [0.15, 0.2) is 53.7 Å². The van der Waals surface area contributed by atoms with E-state index < -0.39 is 15.9 Å². The van der Waals surface area contributed by atoms with Gasteiger partial charge in [0.1, 0.15) is 0 Å². The number of hydrazine groups is 1. The second kappa shape index (κ2) is 5.40. The predicted molar refractivity (Wildman–Crippen MR) is 73.0 cm³/mol. The zero-order valence-corrected chi connectivity index (χ0v) is 11.5. The number of benzene rings is 1. The zero-order chi connectivity index (χ0) is 14.8. The molecule has 0 aliphatic heterocycles. The minimum absolute atomic E-state index is 0.0390. The molecule has 0 spiro atoms. The number of nitrogens with two attached hydrogens (primary N) is 1. The number of aryl methyl sites for hydroxylation is 1. The van der Waals surface area contributed by atoms with Crippen LogP contribution < -0.4 is 5.84 Å². The van der Waals surface area contributed by atoms with E-state index >= 15 is 0 Å². The van der Waals surface area contributed by atoms with Gasteiger partial charge in [-0.15, -0.1) is 0 Å². The van der Waals surface area contributed by atoms with Gasteiger partial charge in [0.15, 0.2) is 0 Å². The molecule has 0 radical (unpaired) electrons. The molecule has 0 fully saturated rings. The standard InChI is InChI=1S/C13H13N3O3S/c1-10-4-6-12(7-5-10)20(18,19)16(14)13(17)11-3-2-8-15-9-11/h2-9H,14H2,1H3. The summed E-state index contributed by atoms with van der Waals surface area (Å²) in [5, 5.41) is 0. The van der Waals surface area contributed by atoms with E-state index in [4.69, 9.17) is 5.84 Å². The lowest BCUT2D eigenvalue weighted by Gasteiger charge is -2.16. The topological polar surface area (TPSA) is 93.4 Å². The maximum Gasteiger partial charge on any atom is 0.283 e. The summed E-state index contributed by atoms with van der Waals surface area (Å²) < 4.78 is 24.7. The highest BCUT2D eigenvalue weighted by Gasteiger charge is 2.27. The molecule has 0 saturated carbocycles. The number of carbonyl (C=O) groups is 1. The van der Waals surface area contributed by atoms with Crippen LogP contribution in [0.4, 0.5) is 0 Å². The Morgan fingerprint density at radius 3 is 2.40 bits per heavy atom. The van der Waals surface area contributed by atoms with Crippen molar-refractivity contribution in [3.8, 4) is 0 Å². The van der Waals surface area contributed by atoms with Crippen molar-refractivity contribution in [2.75, 3.05) is 0 Å². The SMILES string of the molecule is Cc1ccc(S(=O)(=O)N(N)C(=O)c2cccnc2)cc1. The van der Waals surface area contributed by atoms with Crippen molar-refractivity contribution in [2.24, 2.45) is 5.84 Å². The highest BCUT2D eigenvalue weighted by atomic mass is 32.2. The van der Waals surface area contributed by atoms with Crippen molar-refractivity contribution >= 4 is 15.9 Å². The van der Waals surface area contributed by atoms with Crippen molar-refractivity contribution in [3.63, 3.8) is 0 Å². The van der Waals surface area contributed by atoms with E-state index in [0.29, 0.717) is 0 Å². The Hall–Kier alpha value is -2.25. The van der Waals surface area contributed by atoms with Crippen LogP contribution in [0.2, 0.25) is 0 Å². The second-order valence-corrected chi connectivity index (χ2v) is 5.98. The van der Waals surface area contributed by atoms with E-state index in [9.17, 15) is 13.2 Å². The molecular weight excluding hydrogens is 278 g/mol. The molecule has 2 N–H and O–H groups in total. The van der Waals surface area contributed by atoms with Crippen LogP contribution in [0.1, 0.15) is 15.9 Å². The maximum atomic E-state index is 12.2. The lowest BCUT2D eigenvalue weighted by Crippen LogP contribution is -2.42. The van der Waals surface area contributed by atoms with Gasteiger partial charge in [-0.25, -0.2) is 5.84 Å². The third kappa shape index (κ3) is 2.68. The number of rotatable bonds is 3. The van der Waals surface area contributed by atoms with E-state index in [-0.39, 0.29) is 14.9 Å². The first kappa shape index (κ1) is 14.2. The number of carbonyl (C=O) groups excluding carboxylic acids is 1. The molecule has 0 aliphatic carbocycles. The van der Waals surface area contributed by atoms with E-state index in [1.165, 1.54) is 36.7 Å². The number of hydrogen-bond acceptors (Lipinski definition) is 5. The molecule has 1 aromatic carbocycles. The van der Waals surface area contributed by atoms with Gasteiger partial charge in [0.2, 0.25) is 0 Å². The normalized spacial score (nSPS) is 11.1. The quantitative estimate of drug-likeness (QED) is 0.519. The molecule has 0 unspecified atom stereocenters. The molecule has 6 nitrogen and oxygen atoms in total. The summed E-state index contributed by atoms with van der Waals surface area (Å²) in [7, 11) is -4.07. The molecule has 0 aliphatic rings. The van der Waals surface area contributed by atoms with Gasteiger partial charge in [-0.1, -0.05) is 17.7 Å². The van der Waals surface area contributed by atoms with Gasteiger partial charge in [0.05, 0.1) is 10.5 Å². The van der Waals surface area contributed by atoms with Crippen LogP contribution in [0.25, 0.3) is 0 Å². The summed E-state index contributed by atoms with van der Waals surface area (Å²) in [5.74, 6) is 4.63. The van der Waals surface area contributed by atoms with Gasteiger partial charge in [0, 0.05) is 12.4 Å². The van der Waals surface area contributed by atoms with Crippen LogP contribution in [-0.2, 0) is 10.0 Å². The first-order valence-corrected chi connectivity index (χ1v) is 7.18. The Kier molecular flexibility index (Phi) is 3.82. The van der Waals surface area contributed by atoms with Gasteiger partial charge >= 0.3 is 0 Å². The molecule has 2 aromatic rings. The first-order valence-electron chi connectivity index (χ1n) is 5.74. The molecule has 104 valence electrons. The van der Waals surface area contributed by atoms with Gasteiger partial charge < -0.3 is 0 Å². The molecule has 2 rings (SSSR count). The Balaban J connectivity index is 2.35. The maximum absolute atomic E-state index is 12.2. The predicted octanol–water partition coefficient (Wildman–Crippen LogP) is 1.09. The third-order valence-electron chi connectivity index (χ3n) is 2.69. The average Bonchev–Trinajstić information content (AvgIpc) is 2.47. The van der Waals surface area contributed by atoms with Crippen LogP contribution in [0.3, 0.4) is 0 Å². The summed E-state index contributed by atoms with van der Waals surface area (Å²) in [6.07, 6.45) is 2.74. The number of sulfonamides is 1. The van der Waals surface area contributed by atoms with E-state index in [1.54, 1.807) is 12.1 Å². The van der Waals surface area contributed by atoms with Crippen LogP contribution >= 0.6 is 0 Å². The summed E-state index contributed by atoms with van der Waals surface area (Å²) in [6, 6.07) is 9.05. The minimum Gasteiger partial charge on any atom is -0.266 e. The number of pyridine rings is 1. The Labute approximate surface area is 116 Å². The van der Waals surface area contributed by atoms with Gasteiger partial charge in [-0.2, -0.15) is 12.8 Å². The molecule has 0 saturated heterocycles. The van der Waals surface area contributed by atoms with E-state index in [1.807, 2.05) is 6.92 Å². The molecular formula is C13H13N3O3S. The third-order valence-corrected chi connectivity index (χ3v) is 4.24. The monoisotopic (exact) mass is 291 g/mol. The summed E-state index contributed by atoms with van der Waals surface area (Å²) in [5.41, 5.74) is 1.01. The van der Waals surface area contributed by atoms with Crippen molar-refractivity contribution < 1.29 is 13.2 Å². The number of amides is 1. The lowest BCUT2D eigenvalue weighted by atomic mass is 10.2. The van der Waals surface area contributed by atoms with Crippen molar-refractivity contribution in [1.29, 1.82) is 0 Å². The van der Waals surface area contributed by atoms with Crippen molar-refractivity contribution in [2.45, 2.75) is 11.8 Å². The summed E-state index contributed by atoms with van der Waals surface area (Å²) in [4.78, 5) is 15.7. The van der Waals surface area contributed by atoms with Crippen LogP contribution in [0.5, 0.6) is 0 Å².